The number of imide groups is 1. The van der Waals surface area contributed by atoms with E-state index in [0.29, 0.717) is 53.5 Å². The number of sulfone groups is 1. The third kappa shape index (κ3) is 8.26. The van der Waals surface area contributed by atoms with Gasteiger partial charge in [0.2, 0.25) is 5.91 Å². The van der Waals surface area contributed by atoms with Crippen LogP contribution in [0, 0.1) is 0 Å². The number of aromatic nitrogens is 8. The highest BCUT2D eigenvalue weighted by Gasteiger charge is 2.31. The number of H-pyrrole nitrogens is 1. The van der Waals surface area contributed by atoms with Crippen molar-refractivity contribution in [2.24, 2.45) is 7.05 Å². The lowest BCUT2D eigenvalue weighted by molar-refractivity contribution is -0.118. The molecule has 0 radical (unpaired) electrons. The van der Waals surface area contributed by atoms with Gasteiger partial charge in [0.05, 0.1) is 32.6 Å². The molecule has 1 aliphatic rings. The Labute approximate surface area is 343 Å². The van der Waals surface area contributed by atoms with Gasteiger partial charge >= 0.3 is 0 Å². The molecule has 1 aliphatic heterocycles. The van der Waals surface area contributed by atoms with Crippen LogP contribution in [0.25, 0.3) is 33.5 Å². The Kier molecular flexibility index (Phi) is 11.1. The van der Waals surface area contributed by atoms with E-state index < -0.39 is 15.1 Å². The van der Waals surface area contributed by atoms with Gasteiger partial charge in [0, 0.05) is 25.6 Å². The number of aryl methyl sites for hydroxylation is 2. The van der Waals surface area contributed by atoms with Crippen molar-refractivity contribution in [2.75, 3.05) is 0 Å². The first-order chi connectivity index (χ1) is 28.1. The van der Waals surface area contributed by atoms with Crippen molar-refractivity contribution >= 4 is 55.4 Å². The molecular weight excluding hydrogens is 798 g/mol. The van der Waals surface area contributed by atoms with Gasteiger partial charge in [-0.1, -0.05) is 97.4 Å². The highest BCUT2D eigenvalue weighted by Crippen LogP contribution is 2.32. The number of hydrogen-bond donors (Lipinski definition) is 2. The summed E-state index contributed by atoms with van der Waals surface area (Å²) >= 11 is 7.75. The van der Waals surface area contributed by atoms with E-state index in [2.05, 4.69) is 37.8 Å². The zero-order valence-corrected chi connectivity index (χ0v) is 33.9. The first-order valence-electron chi connectivity index (χ1n) is 18.6. The summed E-state index contributed by atoms with van der Waals surface area (Å²) in [5.74, 6) is 1.91. The van der Waals surface area contributed by atoms with E-state index >= 15 is 0 Å². The number of carbonyl (C=O) groups excluding carboxylic acids is 2. The first-order valence-corrected chi connectivity index (χ1v) is 21.5. The highest BCUT2D eigenvalue weighted by atomic mass is 35.5. The second-order valence-corrected chi connectivity index (χ2v) is 17.5. The molecule has 8 rings (SSSR count). The number of aromatic amines is 1. The Morgan fingerprint density at radius 3 is 2.38 bits per heavy atom. The van der Waals surface area contributed by atoms with Crippen LogP contribution in [0.1, 0.15) is 48.2 Å². The maximum absolute atomic E-state index is 14.1. The van der Waals surface area contributed by atoms with Crippen molar-refractivity contribution in [1.82, 2.24) is 45.0 Å². The summed E-state index contributed by atoms with van der Waals surface area (Å²) in [5, 5.41) is 16.1. The molecule has 0 aliphatic carbocycles. The number of amides is 2. The van der Waals surface area contributed by atoms with Crippen molar-refractivity contribution < 1.29 is 22.7 Å². The number of fused-ring (bicyclic) bond motifs is 1. The van der Waals surface area contributed by atoms with E-state index in [1.165, 1.54) is 0 Å². The average Bonchev–Trinajstić information content (AvgIpc) is 4.01. The van der Waals surface area contributed by atoms with Gasteiger partial charge in [-0.05, 0) is 75.9 Å². The summed E-state index contributed by atoms with van der Waals surface area (Å²) in [4.78, 5) is 33.0. The fraction of sp³-hybridized carbons (Fsp3) is 0.244. The molecule has 0 saturated carbocycles. The number of thioether (sulfide) groups is 1. The Morgan fingerprint density at radius 2 is 1.67 bits per heavy atom. The van der Waals surface area contributed by atoms with Crippen LogP contribution in [-0.2, 0) is 53.4 Å². The molecule has 58 heavy (non-hydrogen) atoms. The molecule has 1 saturated heterocycles. The van der Waals surface area contributed by atoms with E-state index in [9.17, 15) is 18.0 Å². The summed E-state index contributed by atoms with van der Waals surface area (Å²) in [5.41, 5.74) is 6.40. The molecule has 14 nitrogen and oxygen atoms in total. The van der Waals surface area contributed by atoms with Crippen molar-refractivity contribution in [2.45, 2.75) is 61.7 Å². The lowest BCUT2D eigenvalue weighted by atomic mass is 9.98. The van der Waals surface area contributed by atoms with Crippen LogP contribution in [0.15, 0.2) is 95.9 Å². The lowest BCUT2D eigenvalue weighted by Crippen LogP contribution is -2.25. The molecule has 1 unspecified atom stereocenters. The monoisotopic (exact) mass is 835 g/mol. The number of tetrazole rings is 1. The highest BCUT2D eigenvalue weighted by molar-refractivity contribution is 8.15. The fourth-order valence-corrected chi connectivity index (χ4v) is 9.55. The molecular formula is C41H38ClN9O5S2. The maximum Gasteiger partial charge on any atom is 0.286 e. The van der Waals surface area contributed by atoms with Crippen LogP contribution in [0.2, 0.25) is 5.15 Å². The second kappa shape index (κ2) is 16.6. The summed E-state index contributed by atoms with van der Waals surface area (Å²) in [6, 6.07) is 28.2. The number of rotatable bonds is 15. The molecule has 296 valence electrons. The quantitative estimate of drug-likeness (QED) is 0.108. The average molecular weight is 836 g/mol. The van der Waals surface area contributed by atoms with E-state index in [1.807, 2.05) is 76.8 Å². The molecule has 2 amide bonds. The summed E-state index contributed by atoms with van der Waals surface area (Å²) < 4.78 is 38.1. The van der Waals surface area contributed by atoms with Crippen LogP contribution in [-0.4, -0.2) is 64.5 Å². The van der Waals surface area contributed by atoms with Crippen molar-refractivity contribution in [3.63, 3.8) is 0 Å². The molecule has 1 fully saturated rings. The van der Waals surface area contributed by atoms with Crippen LogP contribution >= 0.6 is 23.4 Å². The second-order valence-electron chi connectivity index (χ2n) is 14.0. The predicted molar refractivity (Wildman–Crippen MR) is 221 cm³/mol. The standard InChI is InChI=1S/C41H38ClN9O5S2/c1-3-4-9-36-44-38(42)34(51(36)22-26-10-14-27(15-11-26)30-7-5-6-8-31(30)39-46-48-49-47-39)24-58(54,55)29-18-19-32-33(21-29)50(2)37(43-32)23-56-28-16-12-25(13-17-28)20-35-40(52)45-41(53)57-35/h5-8,10-19,21,35H,3-4,9,20,22-24H2,1-2H3,(H,45,52,53)(H,46,47,48,49). The van der Waals surface area contributed by atoms with Crippen LogP contribution in [0.3, 0.4) is 0 Å². The largest absolute Gasteiger partial charge is 0.486 e. The van der Waals surface area contributed by atoms with Gasteiger partial charge in [-0.15, -0.1) is 5.10 Å². The molecule has 0 spiro atoms. The number of carbonyl (C=O) groups is 2. The number of ether oxygens (including phenoxy) is 1. The van der Waals surface area contributed by atoms with Gasteiger partial charge in [-0.2, -0.15) is 0 Å². The number of nitrogens with one attached hydrogen (secondary N) is 2. The first kappa shape index (κ1) is 39.0. The SMILES string of the molecule is CCCCc1nc(Cl)c(CS(=O)(=O)c2ccc3nc(COc4ccc(CC5SC(=O)NC5=O)cc4)n(C)c3c2)n1Cc1ccc(-c2ccccc2-c2nnn[nH]2)cc1. The number of imidazole rings is 2. The topological polar surface area (TPSA) is 180 Å². The van der Waals surface area contributed by atoms with E-state index in [0.717, 1.165) is 58.2 Å². The van der Waals surface area contributed by atoms with Gasteiger partial charge in [0.15, 0.2) is 20.8 Å². The van der Waals surface area contributed by atoms with Gasteiger partial charge in [-0.3, -0.25) is 14.9 Å². The summed E-state index contributed by atoms with van der Waals surface area (Å²) in [6.45, 7) is 2.63. The zero-order chi connectivity index (χ0) is 40.4. The van der Waals surface area contributed by atoms with Crippen LogP contribution < -0.4 is 10.1 Å². The minimum absolute atomic E-state index is 0.143. The van der Waals surface area contributed by atoms with E-state index in [-0.39, 0.29) is 33.6 Å². The predicted octanol–water partition coefficient (Wildman–Crippen LogP) is 7.11. The summed E-state index contributed by atoms with van der Waals surface area (Å²) in [7, 11) is -2.06. The Hall–Kier alpha value is -5.84. The van der Waals surface area contributed by atoms with Gasteiger partial charge in [0.1, 0.15) is 24.0 Å². The molecule has 7 aromatic rings. The molecule has 0 bridgehead atoms. The molecule has 2 N–H and O–H groups in total. The molecule has 4 aromatic carbocycles. The summed E-state index contributed by atoms with van der Waals surface area (Å²) in [6.07, 6.45) is 2.91. The van der Waals surface area contributed by atoms with Crippen molar-refractivity contribution in [1.29, 1.82) is 0 Å². The minimum atomic E-state index is -3.88. The normalized spacial score (nSPS) is 14.4. The minimum Gasteiger partial charge on any atom is -0.486 e. The van der Waals surface area contributed by atoms with E-state index in [1.54, 1.807) is 30.3 Å². The van der Waals surface area contributed by atoms with Gasteiger partial charge in [-0.25, -0.2) is 23.5 Å². The molecule has 1 atom stereocenters. The number of unbranched alkanes of at least 4 members (excludes halogenated alkanes) is 1. The molecule has 17 heteroatoms. The number of nitrogens with zero attached hydrogens (tertiary/aromatic N) is 7. The Morgan fingerprint density at radius 1 is 0.914 bits per heavy atom. The maximum atomic E-state index is 14.1. The third-order valence-corrected chi connectivity index (χ3v) is 13.0. The molecule has 4 heterocycles. The van der Waals surface area contributed by atoms with Crippen LogP contribution in [0.5, 0.6) is 5.75 Å². The van der Waals surface area contributed by atoms with Crippen LogP contribution in [0.4, 0.5) is 4.79 Å². The Balaban J connectivity index is 0.992. The smallest absolute Gasteiger partial charge is 0.286 e. The Bertz CT molecular complexity index is 2730. The van der Waals surface area contributed by atoms with Gasteiger partial charge in [0.25, 0.3) is 5.24 Å². The van der Waals surface area contributed by atoms with Gasteiger partial charge < -0.3 is 13.9 Å². The fourth-order valence-electron chi connectivity index (χ4n) is 6.96. The van der Waals surface area contributed by atoms with Crippen molar-refractivity contribution in [3.05, 3.63) is 125 Å². The van der Waals surface area contributed by atoms with Crippen molar-refractivity contribution in [3.8, 4) is 28.3 Å². The molecule has 3 aromatic heterocycles. The zero-order valence-electron chi connectivity index (χ0n) is 31.6. The number of hydrogen-bond acceptors (Lipinski definition) is 11. The number of benzene rings is 4. The number of halogens is 1. The lowest BCUT2D eigenvalue weighted by Gasteiger charge is -2.14. The third-order valence-electron chi connectivity index (χ3n) is 10.1. The van der Waals surface area contributed by atoms with E-state index in [4.69, 9.17) is 21.3 Å².